The molecular formula is C17H16N2O2S. The van der Waals surface area contributed by atoms with Gasteiger partial charge in [-0.2, -0.15) is 0 Å². The van der Waals surface area contributed by atoms with E-state index in [1.165, 1.54) is 4.90 Å². The molecule has 112 valence electrons. The summed E-state index contributed by atoms with van der Waals surface area (Å²) in [5.41, 5.74) is 1.85. The van der Waals surface area contributed by atoms with Gasteiger partial charge in [-0.25, -0.2) is 0 Å². The van der Waals surface area contributed by atoms with Crippen molar-refractivity contribution in [3.05, 3.63) is 66.2 Å². The molecule has 1 amide bonds. The second-order valence-electron chi connectivity index (χ2n) is 5.01. The number of nitrogens with one attached hydrogen (secondary N) is 1. The summed E-state index contributed by atoms with van der Waals surface area (Å²) < 4.78 is 5.64. The first-order valence-electron chi connectivity index (χ1n) is 7.07. The Balaban J connectivity index is 1.60. The van der Waals surface area contributed by atoms with Crippen LogP contribution in [-0.2, 0) is 16.1 Å². The second kappa shape index (κ2) is 6.68. The van der Waals surface area contributed by atoms with Crippen LogP contribution in [0.2, 0.25) is 0 Å². The molecular weight excluding hydrogens is 296 g/mol. The number of thiocarbonyl (C=S) groups is 1. The Bertz CT molecular complexity index is 661. The SMILES string of the molecule is O=C1[C@H](COCc2ccccc2)NC(=S)N1c1ccccc1. The van der Waals surface area contributed by atoms with Crippen LogP contribution in [-0.4, -0.2) is 23.7 Å². The lowest BCUT2D eigenvalue weighted by Gasteiger charge is -2.14. The van der Waals surface area contributed by atoms with Crippen molar-refractivity contribution in [1.82, 2.24) is 5.32 Å². The summed E-state index contributed by atoms with van der Waals surface area (Å²) in [6.45, 7) is 0.765. The highest BCUT2D eigenvalue weighted by atomic mass is 32.1. The number of carbonyl (C=O) groups excluding carboxylic acids is 1. The number of ether oxygens (including phenoxy) is 1. The number of amides is 1. The quantitative estimate of drug-likeness (QED) is 0.861. The summed E-state index contributed by atoms with van der Waals surface area (Å²) in [5, 5.41) is 3.44. The minimum Gasteiger partial charge on any atom is -0.374 e. The zero-order valence-electron chi connectivity index (χ0n) is 11.9. The molecule has 1 heterocycles. The van der Waals surface area contributed by atoms with Gasteiger partial charge in [0.15, 0.2) is 5.11 Å². The highest BCUT2D eigenvalue weighted by molar-refractivity contribution is 7.80. The van der Waals surface area contributed by atoms with Crippen molar-refractivity contribution >= 4 is 28.9 Å². The van der Waals surface area contributed by atoms with E-state index in [9.17, 15) is 4.79 Å². The third kappa shape index (κ3) is 3.16. The van der Waals surface area contributed by atoms with Crippen molar-refractivity contribution in [1.29, 1.82) is 0 Å². The van der Waals surface area contributed by atoms with Crippen LogP contribution in [0.3, 0.4) is 0 Å². The number of nitrogens with zero attached hydrogens (tertiary/aromatic N) is 1. The molecule has 0 saturated carbocycles. The van der Waals surface area contributed by atoms with E-state index in [-0.39, 0.29) is 12.5 Å². The molecule has 1 atom stereocenters. The summed E-state index contributed by atoms with van der Waals surface area (Å²) in [5.74, 6) is -0.0794. The smallest absolute Gasteiger partial charge is 0.258 e. The summed E-state index contributed by atoms with van der Waals surface area (Å²) in [6, 6.07) is 18.8. The molecule has 1 aliphatic heterocycles. The van der Waals surface area contributed by atoms with Crippen molar-refractivity contribution in [2.24, 2.45) is 0 Å². The third-order valence-electron chi connectivity index (χ3n) is 3.43. The van der Waals surface area contributed by atoms with E-state index in [1.807, 2.05) is 60.7 Å². The van der Waals surface area contributed by atoms with Gasteiger partial charge in [0.05, 0.1) is 18.9 Å². The first-order chi connectivity index (χ1) is 10.8. The van der Waals surface area contributed by atoms with Crippen LogP contribution in [0, 0.1) is 0 Å². The summed E-state index contributed by atoms with van der Waals surface area (Å²) >= 11 is 5.26. The van der Waals surface area contributed by atoms with Crippen LogP contribution in [0.1, 0.15) is 5.56 Å². The van der Waals surface area contributed by atoms with Crippen LogP contribution in [0.15, 0.2) is 60.7 Å². The van der Waals surface area contributed by atoms with Crippen molar-refractivity contribution < 1.29 is 9.53 Å². The monoisotopic (exact) mass is 312 g/mol. The standard InChI is InChI=1S/C17H16N2O2S/c20-16-15(12-21-11-13-7-3-1-4-8-13)18-17(22)19(16)14-9-5-2-6-10-14/h1-10,15H,11-12H2,(H,18,22)/t15-/m0/s1. The van der Waals surface area contributed by atoms with Crippen molar-refractivity contribution in [2.75, 3.05) is 11.5 Å². The molecule has 0 unspecified atom stereocenters. The second-order valence-corrected chi connectivity index (χ2v) is 5.40. The largest absolute Gasteiger partial charge is 0.374 e. The molecule has 2 aromatic carbocycles. The van der Waals surface area contributed by atoms with Crippen molar-refractivity contribution in [3.8, 4) is 0 Å². The molecule has 0 aromatic heterocycles. The average Bonchev–Trinajstić information content (AvgIpc) is 2.83. The van der Waals surface area contributed by atoms with Gasteiger partial charge in [0, 0.05) is 0 Å². The number of rotatable bonds is 5. The summed E-state index contributed by atoms with van der Waals surface area (Å²) in [6.07, 6.45) is 0. The van der Waals surface area contributed by atoms with Gasteiger partial charge in [-0.3, -0.25) is 9.69 Å². The fourth-order valence-electron chi connectivity index (χ4n) is 2.33. The topological polar surface area (TPSA) is 41.6 Å². The highest BCUT2D eigenvalue weighted by Crippen LogP contribution is 2.19. The minimum absolute atomic E-state index is 0.0794. The normalized spacial score (nSPS) is 17.6. The molecule has 1 aliphatic rings. The van der Waals surface area contributed by atoms with E-state index in [4.69, 9.17) is 17.0 Å². The lowest BCUT2D eigenvalue weighted by molar-refractivity contribution is -0.119. The van der Waals surface area contributed by atoms with Crippen LogP contribution < -0.4 is 10.2 Å². The first kappa shape index (κ1) is 14.7. The Hall–Kier alpha value is -2.24. The van der Waals surface area contributed by atoms with E-state index in [0.717, 1.165) is 11.3 Å². The Labute approximate surface area is 134 Å². The molecule has 0 aliphatic carbocycles. The zero-order valence-corrected chi connectivity index (χ0v) is 12.8. The molecule has 1 N–H and O–H groups in total. The Morgan fingerprint density at radius 3 is 2.36 bits per heavy atom. The molecule has 3 rings (SSSR count). The lowest BCUT2D eigenvalue weighted by Crippen LogP contribution is -2.34. The average molecular weight is 312 g/mol. The molecule has 1 saturated heterocycles. The fraction of sp³-hybridized carbons (Fsp3) is 0.176. The Morgan fingerprint density at radius 1 is 1.05 bits per heavy atom. The number of hydrogen-bond donors (Lipinski definition) is 1. The Kier molecular flexibility index (Phi) is 4.46. The maximum atomic E-state index is 12.5. The highest BCUT2D eigenvalue weighted by Gasteiger charge is 2.36. The molecule has 4 nitrogen and oxygen atoms in total. The molecule has 0 radical (unpaired) electrons. The molecule has 0 spiro atoms. The van der Waals surface area contributed by atoms with E-state index in [1.54, 1.807) is 0 Å². The molecule has 5 heteroatoms. The van der Waals surface area contributed by atoms with Crippen LogP contribution in [0.25, 0.3) is 0 Å². The van der Waals surface area contributed by atoms with Crippen LogP contribution >= 0.6 is 12.2 Å². The maximum Gasteiger partial charge on any atom is 0.258 e. The van der Waals surface area contributed by atoms with Crippen LogP contribution in [0.4, 0.5) is 5.69 Å². The summed E-state index contributed by atoms with van der Waals surface area (Å²) in [4.78, 5) is 14.0. The van der Waals surface area contributed by atoms with E-state index >= 15 is 0 Å². The van der Waals surface area contributed by atoms with Crippen LogP contribution in [0.5, 0.6) is 0 Å². The maximum absolute atomic E-state index is 12.5. The minimum atomic E-state index is -0.434. The first-order valence-corrected chi connectivity index (χ1v) is 7.48. The number of anilines is 1. The van der Waals surface area contributed by atoms with Gasteiger partial charge in [0.1, 0.15) is 6.04 Å². The number of benzene rings is 2. The van der Waals surface area contributed by atoms with Gasteiger partial charge in [-0.15, -0.1) is 0 Å². The predicted octanol–water partition coefficient (Wildman–Crippen LogP) is 2.49. The molecule has 0 bridgehead atoms. The molecule has 22 heavy (non-hydrogen) atoms. The predicted molar refractivity (Wildman–Crippen MR) is 89.5 cm³/mol. The summed E-state index contributed by atoms with van der Waals surface area (Å²) in [7, 11) is 0. The Morgan fingerprint density at radius 2 is 1.68 bits per heavy atom. The van der Waals surface area contributed by atoms with E-state index in [0.29, 0.717) is 11.7 Å². The fourth-order valence-corrected chi connectivity index (χ4v) is 2.67. The lowest BCUT2D eigenvalue weighted by atomic mass is 10.2. The van der Waals surface area contributed by atoms with E-state index in [2.05, 4.69) is 5.32 Å². The number of para-hydroxylation sites is 1. The third-order valence-corrected chi connectivity index (χ3v) is 3.73. The van der Waals surface area contributed by atoms with Gasteiger partial charge in [-0.05, 0) is 29.9 Å². The van der Waals surface area contributed by atoms with Gasteiger partial charge < -0.3 is 10.1 Å². The van der Waals surface area contributed by atoms with Crippen molar-refractivity contribution in [2.45, 2.75) is 12.6 Å². The van der Waals surface area contributed by atoms with Gasteiger partial charge in [0.25, 0.3) is 5.91 Å². The number of hydrogen-bond acceptors (Lipinski definition) is 3. The van der Waals surface area contributed by atoms with Gasteiger partial charge in [-0.1, -0.05) is 48.5 Å². The van der Waals surface area contributed by atoms with E-state index < -0.39 is 6.04 Å². The number of carbonyl (C=O) groups is 1. The molecule has 2 aromatic rings. The van der Waals surface area contributed by atoms with Gasteiger partial charge >= 0.3 is 0 Å². The van der Waals surface area contributed by atoms with Crippen molar-refractivity contribution in [3.63, 3.8) is 0 Å². The molecule has 1 fully saturated rings. The zero-order chi connectivity index (χ0) is 15.4. The van der Waals surface area contributed by atoms with Gasteiger partial charge in [0.2, 0.25) is 0 Å².